The van der Waals surface area contributed by atoms with E-state index in [2.05, 4.69) is 32.6 Å². The van der Waals surface area contributed by atoms with Gasteiger partial charge in [0.05, 0.1) is 12.2 Å². The molecule has 0 spiro atoms. The van der Waals surface area contributed by atoms with Gasteiger partial charge in [0, 0.05) is 18.3 Å². The fourth-order valence-electron chi connectivity index (χ4n) is 3.32. The van der Waals surface area contributed by atoms with Gasteiger partial charge in [0.2, 0.25) is 0 Å². The topological polar surface area (TPSA) is 57.5 Å². The zero-order valence-corrected chi connectivity index (χ0v) is 15.9. The molecule has 0 radical (unpaired) electrons. The molecule has 2 N–H and O–H groups in total. The van der Waals surface area contributed by atoms with Gasteiger partial charge in [-0.3, -0.25) is 4.79 Å². The lowest BCUT2D eigenvalue weighted by atomic mass is 9.90. The quantitative estimate of drug-likeness (QED) is 0.507. The summed E-state index contributed by atoms with van der Waals surface area (Å²) in [6.45, 7) is 8.04. The standard InChI is InChI=1S/C22H36O3/c1-4-6-12-18(23)13-10-15-20-19(21(24)16-22(20)25)14-9-7-8-11-17(3)5-2/h5,7,9-10,15,17-20,22-23,25H,2,4,6,8,11-14,16H2,1,3H3/t17?,18?,19-,20-,22?/m1/s1. The van der Waals surface area contributed by atoms with Gasteiger partial charge in [0.15, 0.2) is 0 Å². The lowest BCUT2D eigenvalue weighted by Crippen LogP contribution is -2.18. The molecule has 0 aromatic rings. The second-order valence-electron chi connectivity index (χ2n) is 7.38. The van der Waals surface area contributed by atoms with Gasteiger partial charge in [-0.15, -0.1) is 6.58 Å². The number of ketones is 1. The van der Waals surface area contributed by atoms with E-state index >= 15 is 0 Å². The maximum absolute atomic E-state index is 12.2. The first kappa shape index (κ1) is 21.9. The van der Waals surface area contributed by atoms with Crippen molar-refractivity contribution in [2.45, 2.75) is 77.4 Å². The molecule has 0 aromatic heterocycles. The Balaban J connectivity index is 2.48. The van der Waals surface area contributed by atoms with Gasteiger partial charge in [-0.1, -0.05) is 57.1 Å². The van der Waals surface area contributed by atoms with Crippen LogP contribution in [0, 0.1) is 17.8 Å². The highest BCUT2D eigenvalue weighted by molar-refractivity contribution is 5.84. The van der Waals surface area contributed by atoms with Crippen molar-refractivity contribution < 1.29 is 15.0 Å². The van der Waals surface area contributed by atoms with Crippen LogP contribution >= 0.6 is 0 Å². The van der Waals surface area contributed by atoms with E-state index in [1.54, 1.807) is 0 Å². The van der Waals surface area contributed by atoms with Crippen LogP contribution in [0.1, 0.15) is 65.2 Å². The first-order valence-corrected chi connectivity index (χ1v) is 9.82. The van der Waals surface area contributed by atoms with E-state index in [1.165, 1.54) is 0 Å². The highest BCUT2D eigenvalue weighted by Crippen LogP contribution is 2.33. The summed E-state index contributed by atoms with van der Waals surface area (Å²) in [7, 11) is 0. The Kier molecular flexibility index (Phi) is 10.7. The van der Waals surface area contributed by atoms with Crippen molar-refractivity contribution in [3.05, 3.63) is 37.0 Å². The van der Waals surface area contributed by atoms with Gasteiger partial charge in [-0.25, -0.2) is 0 Å². The lowest BCUT2D eigenvalue weighted by Gasteiger charge is -2.16. The van der Waals surface area contributed by atoms with Gasteiger partial charge in [0.1, 0.15) is 5.78 Å². The Hall–Kier alpha value is -1.19. The van der Waals surface area contributed by atoms with Gasteiger partial charge >= 0.3 is 0 Å². The second-order valence-corrected chi connectivity index (χ2v) is 7.38. The van der Waals surface area contributed by atoms with E-state index in [0.717, 1.165) is 32.1 Å². The molecule has 3 nitrogen and oxygen atoms in total. The van der Waals surface area contributed by atoms with Crippen LogP contribution in [0.3, 0.4) is 0 Å². The van der Waals surface area contributed by atoms with Crippen molar-refractivity contribution in [2.75, 3.05) is 0 Å². The molecule has 1 rings (SSSR count). The van der Waals surface area contributed by atoms with Crippen LogP contribution in [-0.4, -0.2) is 28.2 Å². The third-order valence-corrected chi connectivity index (χ3v) is 5.14. The number of carbonyl (C=O) groups is 1. The molecule has 0 aliphatic heterocycles. The summed E-state index contributed by atoms with van der Waals surface area (Å²) < 4.78 is 0. The summed E-state index contributed by atoms with van der Waals surface area (Å²) in [4.78, 5) is 12.2. The second kappa shape index (κ2) is 12.2. The molecular weight excluding hydrogens is 312 g/mol. The molecular formula is C22H36O3. The minimum atomic E-state index is -0.587. The SMILES string of the molecule is C=CC(C)CCC=CC[C@H]1C(=O)CC(O)[C@@H]1C=CCC(O)CCCC. The molecule has 0 saturated heterocycles. The largest absolute Gasteiger partial charge is 0.393 e. The zero-order chi connectivity index (χ0) is 18.7. The molecule has 1 saturated carbocycles. The molecule has 1 fully saturated rings. The number of allylic oxidation sites excluding steroid dienone is 3. The third kappa shape index (κ3) is 8.15. The summed E-state index contributed by atoms with van der Waals surface area (Å²) in [6.07, 6.45) is 15.6. The number of unbranched alkanes of at least 4 members (excludes halogenated alkanes) is 1. The summed E-state index contributed by atoms with van der Waals surface area (Å²) >= 11 is 0. The predicted molar refractivity (Wildman–Crippen MR) is 104 cm³/mol. The van der Waals surface area contributed by atoms with Crippen molar-refractivity contribution in [3.8, 4) is 0 Å². The fourth-order valence-corrected chi connectivity index (χ4v) is 3.32. The summed E-state index contributed by atoms with van der Waals surface area (Å²) in [5.41, 5.74) is 0. The minimum Gasteiger partial charge on any atom is -0.393 e. The van der Waals surface area contributed by atoms with Gasteiger partial charge in [-0.2, -0.15) is 0 Å². The molecule has 0 aromatic carbocycles. The van der Waals surface area contributed by atoms with Gasteiger partial charge in [0.25, 0.3) is 0 Å². The van der Waals surface area contributed by atoms with Crippen LogP contribution in [-0.2, 0) is 4.79 Å². The number of aliphatic hydroxyl groups excluding tert-OH is 2. The van der Waals surface area contributed by atoms with E-state index in [0.29, 0.717) is 18.8 Å². The molecule has 25 heavy (non-hydrogen) atoms. The van der Waals surface area contributed by atoms with Crippen LogP contribution in [0.25, 0.3) is 0 Å². The predicted octanol–water partition coefficient (Wildman–Crippen LogP) is 4.60. The van der Waals surface area contributed by atoms with E-state index in [9.17, 15) is 15.0 Å². The van der Waals surface area contributed by atoms with Crippen molar-refractivity contribution in [3.63, 3.8) is 0 Å². The van der Waals surface area contributed by atoms with Crippen molar-refractivity contribution >= 4 is 5.78 Å². The number of carbonyl (C=O) groups excluding carboxylic acids is 1. The molecule has 3 unspecified atom stereocenters. The Labute approximate surface area is 153 Å². The Morgan fingerprint density at radius 2 is 2.04 bits per heavy atom. The van der Waals surface area contributed by atoms with Crippen LogP contribution < -0.4 is 0 Å². The number of hydrogen-bond acceptors (Lipinski definition) is 3. The maximum atomic E-state index is 12.2. The first-order chi connectivity index (χ1) is 12.0. The first-order valence-electron chi connectivity index (χ1n) is 9.82. The van der Waals surface area contributed by atoms with Gasteiger partial charge < -0.3 is 10.2 Å². The lowest BCUT2D eigenvalue weighted by molar-refractivity contribution is -0.121. The number of rotatable bonds is 12. The van der Waals surface area contributed by atoms with E-state index < -0.39 is 6.10 Å². The molecule has 3 heteroatoms. The number of aliphatic hydroxyl groups is 2. The highest BCUT2D eigenvalue weighted by atomic mass is 16.3. The molecule has 1 aliphatic carbocycles. The summed E-state index contributed by atoms with van der Waals surface area (Å²) in [5, 5.41) is 20.1. The van der Waals surface area contributed by atoms with Crippen molar-refractivity contribution in [1.29, 1.82) is 0 Å². The minimum absolute atomic E-state index is 0.123. The highest BCUT2D eigenvalue weighted by Gasteiger charge is 2.38. The van der Waals surface area contributed by atoms with Crippen molar-refractivity contribution in [1.82, 2.24) is 0 Å². The molecule has 0 amide bonds. The maximum Gasteiger partial charge on any atom is 0.139 e. The molecule has 0 bridgehead atoms. The summed E-state index contributed by atoms with van der Waals surface area (Å²) in [6, 6.07) is 0. The third-order valence-electron chi connectivity index (χ3n) is 5.14. The average molecular weight is 349 g/mol. The molecule has 1 aliphatic rings. The Bertz CT molecular complexity index is 452. The van der Waals surface area contributed by atoms with E-state index in [4.69, 9.17) is 0 Å². The van der Waals surface area contributed by atoms with Crippen LogP contribution in [0.2, 0.25) is 0 Å². The Morgan fingerprint density at radius 1 is 1.28 bits per heavy atom. The van der Waals surface area contributed by atoms with Crippen LogP contribution in [0.15, 0.2) is 37.0 Å². The smallest absolute Gasteiger partial charge is 0.139 e. The monoisotopic (exact) mass is 348 g/mol. The summed E-state index contributed by atoms with van der Waals surface area (Å²) in [5.74, 6) is 0.405. The van der Waals surface area contributed by atoms with E-state index in [1.807, 2.05) is 18.2 Å². The average Bonchev–Trinajstić information content (AvgIpc) is 2.86. The number of hydrogen-bond donors (Lipinski definition) is 2. The van der Waals surface area contributed by atoms with E-state index in [-0.39, 0.29) is 30.1 Å². The number of Topliss-reactive ketones (excluding diaryl/α,β-unsaturated/α-hetero) is 1. The van der Waals surface area contributed by atoms with Crippen LogP contribution in [0.4, 0.5) is 0 Å². The molecule has 0 heterocycles. The Morgan fingerprint density at radius 3 is 2.72 bits per heavy atom. The molecule has 5 atom stereocenters. The fraction of sp³-hybridized carbons (Fsp3) is 0.682. The van der Waals surface area contributed by atoms with Crippen LogP contribution in [0.5, 0.6) is 0 Å². The molecule has 142 valence electrons. The van der Waals surface area contributed by atoms with Gasteiger partial charge in [-0.05, 0) is 38.0 Å². The normalized spacial score (nSPS) is 26.6. The van der Waals surface area contributed by atoms with Crippen molar-refractivity contribution in [2.24, 2.45) is 17.8 Å². The zero-order valence-electron chi connectivity index (χ0n) is 15.9.